The topological polar surface area (TPSA) is 72.4 Å². The summed E-state index contributed by atoms with van der Waals surface area (Å²) >= 11 is 39.1. The molecule has 2 aliphatic rings. The van der Waals surface area contributed by atoms with Crippen molar-refractivity contribution in [3.63, 3.8) is 0 Å². The van der Waals surface area contributed by atoms with Crippen LogP contribution in [-0.4, -0.2) is 5.78 Å². The fourth-order valence-corrected chi connectivity index (χ4v) is 7.94. The van der Waals surface area contributed by atoms with Gasteiger partial charge in [-0.05, 0) is 44.0 Å². The van der Waals surface area contributed by atoms with Crippen LogP contribution < -0.4 is 14.9 Å². The van der Waals surface area contributed by atoms with Crippen molar-refractivity contribution in [2.45, 2.75) is 11.8 Å². The molecule has 0 amide bonds. The number of Topliss-reactive ketones (excluding diaryl/α,β-unsaturated/α-hetero) is 1. The Kier molecular flexibility index (Phi) is 6.06. The molecule has 0 atom stereocenters. The number of carbonyl (C=O) groups is 1. The number of carbonyl (C=O) groups excluding carboxylic acids is 1. The van der Waals surface area contributed by atoms with Gasteiger partial charge in [0.15, 0.2) is 5.78 Å². The first-order chi connectivity index (χ1) is 15.4. The van der Waals surface area contributed by atoms with Crippen molar-refractivity contribution in [2.75, 3.05) is 0 Å². The maximum absolute atomic E-state index is 13.4. The van der Waals surface area contributed by atoms with Crippen LogP contribution in [0.3, 0.4) is 0 Å². The summed E-state index contributed by atoms with van der Waals surface area (Å²) in [6.07, 6.45) is -0.115. The van der Waals surface area contributed by atoms with Gasteiger partial charge in [-0.1, -0.05) is 89.8 Å². The van der Waals surface area contributed by atoms with Gasteiger partial charge in [0.1, 0.15) is 11.5 Å². The van der Waals surface area contributed by atoms with Gasteiger partial charge in [0.05, 0.1) is 34.5 Å². The monoisotopic (exact) mass is 776 g/mol. The van der Waals surface area contributed by atoms with E-state index in [1.54, 1.807) is 12.1 Å². The Morgan fingerprint density at radius 2 is 1.24 bits per heavy atom. The Morgan fingerprint density at radius 1 is 0.788 bits per heavy atom. The molecular weight excluding hydrogens is 778 g/mol. The van der Waals surface area contributed by atoms with E-state index in [1.807, 2.05) is 0 Å². The molecule has 0 saturated heterocycles. The smallest absolute Gasteiger partial charge is 0.166 e. The molecule has 0 saturated carbocycles. The number of ketones is 1. The van der Waals surface area contributed by atoms with Gasteiger partial charge >= 0.3 is 0 Å². The van der Waals surface area contributed by atoms with Crippen molar-refractivity contribution in [3.05, 3.63) is 72.4 Å². The summed E-state index contributed by atoms with van der Waals surface area (Å²) in [5.74, 6) is -0.767. The van der Waals surface area contributed by atoms with Gasteiger partial charge in [0, 0.05) is 37.6 Å². The van der Waals surface area contributed by atoms with Gasteiger partial charge < -0.3 is 14.9 Å². The number of halogens is 8. The fourth-order valence-electron chi connectivity index (χ4n) is 4.42. The lowest BCUT2D eigenvalue weighted by atomic mass is 9.68. The molecule has 0 aromatic heterocycles. The van der Waals surface area contributed by atoms with Crippen LogP contribution in [0.5, 0.6) is 23.0 Å². The highest BCUT2D eigenvalue weighted by atomic mass is 79.9. The third kappa shape index (κ3) is 3.14. The number of hydrogen-bond acceptors (Lipinski definition) is 4. The normalized spacial score (nSPS) is 15.3. The molecule has 12 heteroatoms. The number of benzene rings is 3. The summed E-state index contributed by atoms with van der Waals surface area (Å²) < 4.78 is 6.79. The number of rotatable bonds is 0. The first-order valence-corrected chi connectivity index (χ1v) is 13.6. The van der Waals surface area contributed by atoms with E-state index in [0.717, 1.165) is 0 Å². The summed E-state index contributed by atoms with van der Waals surface area (Å²) in [6.45, 7) is 0. The fraction of sp³-hybridized carbons (Fsp3) is 0.0952. The molecule has 0 bridgehead atoms. The quantitative estimate of drug-likeness (QED) is 0.170. The molecule has 1 aliphatic carbocycles. The van der Waals surface area contributed by atoms with E-state index in [4.69, 9.17) is 51.1 Å². The van der Waals surface area contributed by atoms with Gasteiger partial charge in [-0.2, -0.15) is 0 Å². The Morgan fingerprint density at radius 3 is 1.73 bits per heavy atom. The van der Waals surface area contributed by atoms with Crippen molar-refractivity contribution in [2.24, 2.45) is 0 Å². The van der Waals surface area contributed by atoms with Gasteiger partial charge in [-0.25, -0.2) is 0 Å². The number of ether oxygens (including phenoxy) is 1. The zero-order valence-corrected chi connectivity index (χ0v) is 24.9. The molecule has 0 fully saturated rings. The molecule has 5 rings (SSSR count). The molecule has 0 radical (unpaired) electrons. The summed E-state index contributed by atoms with van der Waals surface area (Å²) in [4.78, 5) is 13.4. The predicted octanol–water partition coefficient (Wildman–Crippen LogP) is 8.52. The highest BCUT2D eigenvalue weighted by molar-refractivity contribution is 9.11. The lowest BCUT2D eigenvalue weighted by molar-refractivity contribution is -0.271. The Labute approximate surface area is 240 Å². The second-order valence-corrected chi connectivity index (χ2v) is 12.2. The van der Waals surface area contributed by atoms with Gasteiger partial charge in [-0.3, -0.25) is 4.79 Å². The average molecular weight is 782 g/mol. The van der Waals surface area contributed by atoms with E-state index < -0.39 is 5.41 Å². The largest absolute Gasteiger partial charge is 0.871 e. The second kappa shape index (κ2) is 8.17. The van der Waals surface area contributed by atoms with E-state index in [2.05, 4.69) is 63.7 Å². The molecule has 33 heavy (non-hydrogen) atoms. The Balaban J connectivity index is 2.05. The first-order valence-electron chi connectivity index (χ1n) is 8.89. The van der Waals surface area contributed by atoms with Crippen LogP contribution in [0.2, 0.25) is 20.1 Å². The maximum Gasteiger partial charge on any atom is 0.166 e. The molecule has 1 spiro atoms. The molecular formula is C21H4Br4Cl4O4-2. The molecule has 170 valence electrons. The number of fused-ring (bicyclic) bond motifs is 6. The van der Waals surface area contributed by atoms with Crippen molar-refractivity contribution < 1.29 is 19.7 Å². The molecule has 1 aliphatic heterocycles. The van der Waals surface area contributed by atoms with Gasteiger partial charge in [-0.15, -0.1) is 0 Å². The van der Waals surface area contributed by atoms with Crippen LogP contribution in [0, 0.1) is 0 Å². The Hall–Kier alpha value is -0.190. The molecule has 3 aromatic rings. The van der Waals surface area contributed by atoms with Crippen LogP contribution in [0.25, 0.3) is 0 Å². The molecule has 3 aromatic carbocycles. The minimum atomic E-state index is -1.28. The van der Waals surface area contributed by atoms with Crippen LogP contribution >= 0.6 is 110 Å². The highest BCUT2D eigenvalue weighted by Crippen LogP contribution is 2.65. The third-order valence-electron chi connectivity index (χ3n) is 5.78. The van der Waals surface area contributed by atoms with Gasteiger partial charge in [0.2, 0.25) is 0 Å². The van der Waals surface area contributed by atoms with E-state index in [0.29, 0.717) is 16.7 Å². The van der Waals surface area contributed by atoms with E-state index in [-0.39, 0.29) is 78.7 Å². The lowest BCUT2D eigenvalue weighted by Crippen LogP contribution is -2.32. The SMILES string of the molecule is O=C1CC2(c3cc(Br)c([O-])c(Br)c3Oc3c2cc(Br)c([O-])c3Br)c2c(Cl)c(Cl)c(Cl)c(Cl)c21. The molecule has 1 heterocycles. The first kappa shape index (κ1) is 24.5. The van der Waals surface area contributed by atoms with E-state index >= 15 is 0 Å². The lowest BCUT2D eigenvalue weighted by Gasteiger charge is -2.41. The highest BCUT2D eigenvalue weighted by Gasteiger charge is 2.55. The average Bonchev–Trinajstić information content (AvgIpc) is 3.08. The third-order valence-corrected chi connectivity index (χ3v) is 10.2. The van der Waals surface area contributed by atoms with Crippen LogP contribution in [0.15, 0.2) is 30.0 Å². The summed E-state index contributed by atoms with van der Waals surface area (Å²) in [5, 5.41) is 25.3. The zero-order chi connectivity index (χ0) is 24.1. The van der Waals surface area contributed by atoms with Crippen molar-refractivity contribution in [3.8, 4) is 23.0 Å². The van der Waals surface area contributed by atoms with Crippen LogP contribution in [0.1, 0.15) is 33.5 Å². The van der Waals surface area contributed by atoms with Crippen LogP contribution in [-0.2, 0) is 5.41 Å². The maximum atomic E-state index is 13.4. The minimum Gasteiger partial charge on any atom is -0.871 e. The molecule has 0 unspecified atom stereocenters. The van der Waals surface area contributed by atoms with Crippen molar-refractivity contribution in [1.29, 1.82) is 0 Å². The second-order valence-electron chi connectivity index (χ2n) is 7.37. The standard InChI is InChI=1S/C21H6Br4Cl4O4/c22-6-1-4-19(11(24)17(6)31)33-20-5(2-7(23)18(32)12(20)25)21(4)3-8(30)9-10(21)14(27)16(29)15(28)13(9)26/h1-2,31-32H,3H2/p-2. The summed E-state index contributed by atoms with van der Waals surface area (Å²) in [7, 11) is 0. The van der Waals surface area contributed by atoms with E-state index in [1.165, 1.54) is 0 Å². The summed E-state index contributed by atoms with van der Waals surface area (Å²) in [5.41, 5.74) is 0.117. The van der Waals surface area contributed by atoms with Crippen LogP contribution in [0.4, 0.5) is 0 Å². The van der Waals surface area contributed by atoms with Crippen molar-refractivity contribution in [1.82, 2.24) is 0 Å². The predicted molar refractivity (Wildman–Crippen MR) is 138 cm³/mol. The van der Waals surface area contributed by atoms with E-state index in [9.17, 15) is 15.0 Å². The minimum absolute atomic E-state index is 0.0112. The van der Waals surface area contributed by atoms with Crippen molar-refractivity contribution >= 4 is 116 Å². The molecule has 0 N–H and O–H groups in total. The Bertz CT molecular complexity index is 1390. The number of hydrogen-bond donors (Lipinski definition) is 0. The summed E-state index contributed by atoms with van der Waals surface area (Å²) in [6, 6.07) is 3.15. The molecule has 4 nitrogen and oxygen atoms in total. The zero-order valence-electron chi connectivity index (χ0n) is 15.5. The van der Waals surface area contributed by atoms with Gasteiger partial charge in [0.25, 0.3) is 0 Å².